The van der Waals surface area contributed by atoms with Crippen molar-refractivity contribution in [3.8, 4) is 5.75 Å². The minimum Gasteiger partial charge on any atom is -0.486 e. The third-order valence-corrected chi connectivity index (χ3v) is 7.73. The molecular weight excluding hydrogens is 484 g/mol. The van der Waals surface area contributed by atoms with Crippen LogP contribution in [0.15, 0.2) is 29.4 Å². The molecule has 8 nitrogen and oxygen atoms in total. The molecule has 1 amide bonds. The predicted octanol–water partition coefficient (Wildman–Crippen LogP) is 4.51. The number of ether oxygens (including phenoxy) is 2. The van der Waals surface area contributed by atoms with Crippen LogP contribution in [0.2, 0.25) is 5.02 Å². The van der Waals surface area contributed by atoms with E-state index < -0.39 is 5.97 Å². The number of benzene rings is 1. The normalized spacial score (nSPS) is 12.8. The number of aryl methyl sites for hydroxylation is 1. The number of nitrogens with zero attached hydrogens (tertiary/aromatic N) is 3. The van der Waals surface area contributed by atoms with E-state index in [4.69, 9.17) is 21.1 Å². The number of thiophene rings is 1. The van der Waals surface area contributed by atoms with Crippen LogP contribution in [0.4, 0.5) is 5.00 Å². The molecule has 0 aliphatic heterocycles. The molecule has 1 aliphatic rings. The molecule has 0 unspecified atom stereocenters. The average molecular weight is 507 g/mol. The summed E-state index contributed by atoms with van der Waals surface area (Å²) in [6.45, 7) is 0.237. The minimum absolute atomic E-state index is 0.132. The summed E-state index contributed by atoms with van der Waals surface area (Å²) in [5.74, 6) is 0.817. The quantitative estimate of drug-likeness (QED) is 0.355. The third kappa shape index (κ3) is 5.51. The molecule has 0 spiro atoms. The number of hydrogen-bond acceptors (Lipinski definition) is 8. The fourth-order valence-corrected chi connectivity index (χ4v) is 5.69. The molecule has 2 aromatic heterocycles. The van der Waals surface area contributed by atoms with Gasteiger partial charge in [-0.15, -0.1) is 21.5 Å². The Hall–Kier alpha value is -2.56. The lowest BCUT2D eigenvalue weighted by Gasteiger charge is -2.11. The van der Waals surface area contributed by atoms with Gasteiger partial charge in [-0.1, -0.05) is 23.4 Å². The van der Waals surface area contributed by atoms with Crippen molar-refractivity contribution in [3.05, 3.63) is 51.1 Å². The molecule has 0 radical (unpaired) electrons. The van der Waals surface area contributed by atoms with Crippen LogP contribution in [0.3, 0.4) is 0 Å². The van der Waals surface area contributed by atoms with Crippen LogP contribution in [0.25, 0.3) is 0 Å². The van der Waals surface area contributed by atoms with E-state index in [1.165, 1.54) is 30.2 Å². The summed E-state index contributed by atoms with van der Waals surface area (Å²) in [5.41, 5.74) is 1.51. The van der Waals surface area contributed by atoms with Crippen molar-refractivity contribution in [1.29, 1.82) is 0 Å². The molecule has 11 heteroatoms. The topological polar surface area (TPSA) is 95.3 Å². The first kappa shape index (κ1) is 23.6. The highest BCUT2D eigenvalue weighted by Crippen LogP contribution is 2.38. The molecular formula is C22H23ClN4O4S2. The van der Waals surface area contributed by atoms with Gasteiger partial charge in [0.2, 0.25) is 5.91 Å². The number of halogens is 1. The number of aromatic nitrogens is 3. The molecule has 2 heterocycles. The van der Waals surface area contributed by atoms with Crippen LogP contribution < -0.4 is 10.1 Å². The number of carbonyl (C=O) groups excluding carboxylic acids is 2. The molecule has 0 fully saturated rings. The van der Waals surface area contributed by atoms with E-state index in [1.807, 2.05) is 7.05 Å². The second-order valence-corrected chi connectivity index (χ2v) is 9.93. The maximum absolute atomic E-state index is 12.6. The Kier molecular flexibility index (Phi) is 7.56. The van der Waals surface area contributed by atoms with Crippen molar-refractivity contribution >= 4 is 51.6 Å². The number of carbonyl (C=O) groups is 2. The van der Waals surface area contributed by atoms with E-state index >= 15 is 0 Å². The fourth-order valence-electron chi connectivity index (χ4n) is 3.54. The Morgan fingerprint density at radius 3 is 2.73 bits per heavy atom. The van der Waals surface area contributed by atoms with Gasteiger partial charge >= 0.3 is 5.97 Å². The van der Waals surface area contributed by atoms with Crippen LogP contribution in [-0.2, 0) is 36.0 Å². The van der Waals surface area contributed by atoms with Crippen molar-refractivity contribution < 1.29 is 19.1 Å². The van der Waals surface area contributed by atoms with Gasteiger partial charge in [0.05, 0.1) is 18.4 Å². The number of rotatable bonds is 8. The monoisotopic (exact) mass is 506 g/mol. The summed E-state index contributed by atoms with van der Waals surface area (Å²) in [4.78, 5) is 26.1. The lowest BCUT2D eigenvalue weighted by atomic mass is 9.95. The number of anilines is 1. The number of nitrogens with one attached hydrogen (secondary N) is 1. The van der Waals surface area contributed by atoms with Crippen LogP contribution in [0, 0.1) is 0 Å². The van der Waals surface area contributed by atoms with Gasteiger partial charge < -0.3 is 19.4 Å². The van der Waals surface area contributed by atoms with Crippen LogP contribution in [0.1, 0.15) is 39.5 Å². The molecule has 1 N–H and O–H groups in total. The smallest absolute Gasteiger partial charge is 0.341 e. The zero-order valence-electron chi connectivity index (χ0n) is 18.2. The SMILES string of the molecule is COC(=O)c1c(NC(=O)CSc2nnc(COc3ccc(Cl)cc3)n2C)sc2c1CCCC2. The maximum Gasteiger partial charge on any atom is 0.341 e. The number of fused-ring (bicyclic) bond motifs is 1. The standard InChI is InChI=1S/C22H23ClN4O4S2/c1-27-17(11-31-14-9-7-13(23)8-10-14)25-26-22(27)32-12-18(28)24-20-19(21(29)30-2)15-5-3-4-6-16(15)33-20/h7-10H,3-6,11-12H2,1-2H3,(H,24,28). The highest BCUT2D eigenvalue weighted by atomic mass is 35.5. The van der Waals surface area contributed by atoms with Gasteiger partial charge in [-0.25, -0.2) is 4.79 Å². The van der Waals surface area contributed by atoms with Crippen molar-refractivity contribution in [1.82, 2.24) is 14.8 Å². The molecule has 0 saturated heterocycles. The zero-order chi connectivity index (χ0) is 23.4. The van der Waals surface area contributed by atoms with Crippen molar-refractivity contribution in [2.45, 2.75) is 37.4 Å². The van der Waals surface area contributed by atoms with E-state index in [9.17, 15) is 9.59 Å². The second-order valence-electron chi connectivity index (χ2n) is 7.44. The molecule has 33 heavy (non-hydrogen) atoms. The first-order valence-corrected chi connectivity index (χ1v) is 12.6. The van der Waals surface area contributed by atoms with Gasteiger partial charge in [0.1, 0.15) is 17.4 Å². The van der Waals surface area contributed by atoms with E-state index in [2.05, 4.69) is 15.5 Å². The summed E-state index contributed by atoms with van der Waals surface area (Å²) in [7, 11) is 3.18. The fraction of sp³-hybridized carbons (Fsp3) is 0.364. The number of hydrogen-bond donors (Lipinski definition) is 1. The van der Waals surface area contributed by atoms with Gasteiger partial charge in [-0.3, -0.25) is 4.79 Å². The van der Waals surface area contributed by atoms with Crippen LogP contribution in [-0.4, -0.2) is 39.5 Å². The number of methoxy groups -OCH3 is 1. The Morgan fingerprint density at radius 1 is 1.21 bits per heavy atom. The third-order valence-electron chi connectivity index (χ3n) is 5.25. The zero-order valence-corrected chi connectivity index (χ0v) is 20.6. The average Bonchev–Trinajstić information content (AvgIpc) is 3.36. The first-order chi connectivity index (χ1) is 16.0. The Labute approximate surface area is 204 Å². The largest absolute Gasteiger partial charge is 0.486 e. The number of amides is 1. The number of thioether (sulfide) groups is 1. The summed E-state index contributed by atoms with van der Waals surface area (Å²) in [5, 5.41) is 13.0. The molecule has 1 aromatic carbocycles. The summed E-state index contributed by atoms with van der Waals surface area (Å²) in [6.07, 6.45) is 3.88. The summed E-state index contributed by atoms with van der Waals surface area (Å²) < 4.78 is 12.5. The molecule has 0 atom stereocenters. The lowest BCUT2D eigenvalue weighted by molar-refractivity contribution is -0.113. The van der Waals surface area contributed by atoms with Crippen molar-refractivity contribution in [2.75, 3.05) is 18.2 Å². The van der Waals surface area contributed by atoms with Gasteiger partial charge in [0, 0.05) is 16.9 Å². The van der Waals surface area contributed by atoms with Gasteiger partial charge in [0.25, 0.3) is 0 Å². The van der Waals surface area contributed by atoms with Gasteiger partial charge in [-0.05, 0) is 55.5 Å². The van der Waals surface area contributed by atoms with E-state index in [0.717, 1.165) is 36.1 Å². The summed E-state index contributed by atoms with van der Waals surface area (Å²) >= 11 is 8.62. The van der Waals surface area contributed by atoms with Gasteiger partial charge in [0.15, 0.2) is 11.0 Å². The first-order valence-electron chi connectivity index (χ1n) is 10.4. The molecule has 3 aromatic rings. The number of esters is 1. The van der Waals surface area contributed by atoms with Crippen molar-refractivity contribution in [3.63, 3.8) is 0 Å². The molecule has 1 aliphatic carbocycles. The lowest BCUT2D eigenvalue weighted by Crippen LogP contribution is -2.17. The summed E-state index contributed by atoms with van der Waals surface area (Å²) in [6, 6.07) is 7.07. The Bertz CT molecular complexity index is 1160. The van der Waals surface area contributed by atoms with E-state index in [1.54, 1.807) is 28.8 Å². The van der Waals surface area contributed by atoms with Crippen LogP contribution >= 0.6 is 34.7 Å². The maximum atomic E-state index is 12.6. The Balaban J connectivity index is 1.36. The molecule has 4 rings (SSSR count). The molecule has 174 valence electrons. The predicted molar refractivity (Wildman–Crippen MR) is 128 cm³/mol. The van der Waals surface area contributed by atoms with Crippen LogP contribution in [0.5, 0.6) is 5.75 Å². The van der Waals surface area contributed by atoms with Crippen molar-refractivity contribution in [2.24, 2.45) is 7.05 Å². The van der Waals surface area contributed by atoms with E-state index in [0.29, 0.717) is 32.3 Å². The highest BCUT2D eigenvalue weighted by molar-refractivity contribution is 7.99. The molecule has 0 saturated carbocycles. The minimum atomic E-state index is -0.406. The van der Waals surface area contributed by atoms with Gasteiger partial charge in [-0.2, -0.15) is 0 Å². The highest BCUT2D eigenvalue weighted by Gasteiger charge is 2.27. The van der Waals surface area contributed by atoms with E-state index in [-0.39, 0.29) is 18.3 Å². The Morgan fingerprint density at radius 2 is 1.97 bits per heavy atom. The molecule has 0 bridgehead atoms. The second kappa shape index (κ2) is 10.6.